The third-order valence-corrected chi connectivity index (χ3v) is 4.79. The first-order chi connectivity index (χ1) is 9.54. The molecule has 1 atom stereocenters. The lowest BCUT2D eigenvalue weighted by molar-refractivity contribution is 0.0741. The van der Waals surface area contributed by atoms with Crippen LogP contribution in [0.5, 0.6) is 5.75 Å². The Morgan fingerprint density at radius 2 is 2.15 bits per heavy atom. The molecule has 0 radical (unpaired) electrons. The van der Waals surface area contributed by atoms with Crippen molar-refractivity contribution < 1.29 is 9.53 Å². The maximum Gasteiger partial charge on any atom is 0.257 e. The number of hydrogen-bond donors (Lipinski definition) is 0. The minimum Gasteiger partial charge on any atom is -0.496 e. The van der Waals surface area contributed by atoms with Crippen LogP contribution in [0.1, 0.15) is 28.2 Å². The highest BCUT2D eigenvalue weighted by molar-refractivity contribution is 9.10. The van der Waals surface area contributed by atoms with Crippen LogP contribution in [0.25, 0.3) is 0 Å². The second-order valence-corrected chi connectivity index (χ2v) is 6.35. The van der Waals surface area contributed by atoms with Crippen molar-refractivity contribution in [2.75, 3.05) is 14.2 Å². The summed E-state index contributed by atoms with van der Waals surface area (Å²) in [7, 11) is 3.38. The van der Waals surface area contributed by atoms with Gasteiger partial charge in [-0.3, -0.25) is 4.79 Å². The zero-order chi connectivity index (χ0) is 14.7. The van der Waals surface area contributed by atoms with Crippen LogP contribution in [-0.2, 0) is 0 Å². The van der Waals surface area contributed by atoms with Crippen molar-refractivity contribution in [2.24, 2.45) is 0 Å². The fraction of sp³-hybridized carbons (Fsp3) is 0.267. The number of carbonyl (C=O) groups is 1. The van der Waals surface area contributed by atoms with Gasteiger partial charge in [0.25, 0.3) is 5.91 Å². The third kappa shape index (κ3) is 3.04. The van der Waals surface area contributed by atoms with Gasteiger partial charge in [0.1, 0.15) is 5.75 Å². The van der Waals surface area contributed by atoms with E-state index in [2.05, 4.69) is 15.9 Å². The smallest absolute Gasteiger partial charge is 0.257 e. The lowest BCUT2D eigenvalue weighted by Gasteiger charge is -2.25. The predicted octanol–water partition coefficient (Wildman–Crippen LogP) is 4.35. The number of benzene rings is 1. The topological polar surface area (TPSA) is 29.5 Å². The van der Waals surface area contributed by atoms with Crippen LogP contribution in [-0.4, -0.2) is 25.0 Å². The summed E-state index contributed by atoms with van der Waals surface area (Å²) in [5.41, 5.74) is 0.571. The molecule has 0 fully saturated rings. The lowest BCUT2D eigenvalue weighted by atomic mass is 10.1. The molecule has 1 aromatic heterocycles. The summed E-state index contributed by atoms with van der Waals surface area (Å²) in [5, 5.41) is 2.02. The van der Waals surface area contributed by atoms with Crippen LogP contribution in [0.15, 0.2) is 40.2 Å². The summed E-state index contributed by atoms with van der Waals surface area (Å²) in [6.45, 7) is 2.02. The third-order valence-electron chi connectivity index (χ3n) is 3.25. The second kappa shape index (κ2) is 6.41. The molecule has 0 spiro atoms. The van der Waals surface area contributed by atoms with Crippen molar-refractivity contribution in [3.05, 3.63) is 50.6 Å². The van der Waals surface area contributed by atoms with Gasteiger partial charge in [-0.05, 0) is 36.6 Å². The highest BCUT2D eigenvalue weighted by Crippen LogP contribution is 2.29. The minimum atomic E-state index is -0.0461. The molecule has 1 heterocycles. The number of ether oxygens (including phenoxy) is 1. The van der Waals surface area contributed by atoms with Gasteiger partial charge in [-0.1, -0.05) is 22.0 Å². The Morgan fingerprint density at radius 3 is 2.75 bits per heavy atom. The molecule has 0 saturated heterocycles. The molecular weight excluding hydrogens is 338 g/mol. The lowest BCUT2D eigenvalue weighted by Crippen LogP contribution is -2.29. The number of amides is 1. The highest BCUT2D eigenvalue weighted by Gasteiger charge is 2.22. The summed E-state index contributed by atoms with van der Waals surface area (Å²) >= 11 is 5.03. The molecule has 3 nitrogen and oxygen atoms in total. The van der Waals surface area contributed by atoms with E-state index in [4.69, 9.17) is 4.74 Å². The molecule has 5 heteroatoms. The van der Waals surface area contributed by atoms with Gasteiger partial charge < -0.3 is 9.64 Å². The Morgan fingerprint density at radius 1 is 1.40 bits per heavy atom. The van der Waals surface area contributed by atoms with Crippen molar-refractivity contribution >= 4 is 33.2 Å². The van der Waals surface area contributed by atoms with Crippen molar-refractivity contribution in [1.29, 1.82) is 0 Å². The van der Waals surface area contributed by atoms with E-state index in [0.717, 1.165) is 9.35 Å². The molecule has 0 aliphatic carbocycles. The maximum atomic E-state index is 12.6. The highest BCUT2D eigenvalue weighted by atomic mass is 79.9. The van der Waals surface area contributed by atoms with Crippen LogP contribution in [0, 0.1) is 0 Å². The molecule has 0 bridgehead atoms. The average molecular weight is 354 g/mol. The number of carbonyl (C=O) groups excluding carboxylic acids is 1. The van der Waals surface area contributed by atoms with Crippen molar-refractivity contribution in [3.8, 4) is 5.75 Å². The number of rotatable bonds is 4. The molecule has 2 aromatic rings. The summed E-state index contributed by atoms with van der Waals surface area (Å²) in [6.07, 6.45) is 0. The molecule has 1 amide bonds. The fourth-order valence-electron chi connectivity index (χ4n) is 1.93. The molecule has 0 aliphatic rings. The number of thiophene rings is 1. The zero-order valence-corrected chi connectivity index (χ0v) is 14.0. The van der Waals surface area contributed by atoms with Gasteiger partial charge >= 0.3 is 0 Å². The van der Waals surface area contributed by atoms with E-state index >= 15 is 0 Å². The first-order valence-electron chi connectivity index (χ1n) is 6.18. The molecule has 0 N–H and O–H groups in total. The van der Waals surface area contributed by atoms with Crippen LogP contribution >= 0.6 is 27.3 Å². The normalized spacial score (nSPS) is 12.0. The summed E-state index contributed by atoms with van der Waals surface area (Å²) < 4.78 is 6.18. The van der Waals surface area contributed by atoms with E-state index in [-0.39, 0.29) is 11.9 Å². The Kier molecular flexibility index (Phi) is 4.83. The van der Waals surface area contributed by atoms with E-state index in [9.17, 15) is 4.79 Å². The summed E-state index contributed by atoms with van der Waals surface area (Å²) in [6, 6.07) is 9.50. The zero-order valence-electron chi connectivity index (χ0n) is 11.6. The quantitative estimate of drug-likeness (QED) is 0.817. The van der Waals surface area contributed by atoms with Crippen LogP contribution in [0.3, 0.4) is 0 Å². The number of halogens is 1. The average Bonchev–Trinajstić information content (AvgIpc) is 2.99. The van der Waals surface area contributed by atoms with Gasteiger partial charge in [0.05, 0.1) is 18.7 Å². The van der Waals surface area contributed by atoms with Gasteiger partial charge in [-0.2, -0.15) is 0 Å². The molecule has 106 valence electrons. The fourth-order valence-corrected chi connectivity index (χ4v) is 3.09. The van der Waals surface area contributed by atoms with Crippen LogP contribution in [0.4, 0.5) is 0 Å². The molecule has 20 heavy (non-hydrogen) atoms. The van der Waals surface area contributed by atoms with Gasteiger partial charge in [0.2, 0.25) is 0 Å². The molecular formula is C15H16BrNO2S. The second-order valence-electron chi connectivity index (χ2n) is 4.45. The SMILES string of the molecule is COc1cc(Br)ccc1C(=O)N(C)C(C)c1cccs1. The summed E-state index contributed by atoms with van der Waals surface area (Å²) in [5.74, 6) is 0.532. The summed E-state index contributed by atoms with van der Waals surface area (Å²) in [4.78, 5) is 15.5. The molecule has 2 rings (SSSR count). The first-order valence-corrected chi connectivity index (χ1v) is 7.86. The Balaban J connectivity index is 2.27. The van der Waals surface area contributed by atoms with Crippen molar-refractivity contribution in [3.63, 3.8) is 0 Å². The first kappa shape index (κ1) is 15.1. The minimum absolute atomic E-state index is 0.0378. The van der Waals surface area contributed by atoms with E-state index in [0.29, 0.717) is 11.3 Å². The number of methoxy groups -OCH3 is 1. The Bertz CT molecular complexity index is 598. The number of nitrogens with zero attached hydrogens (tertiary/aromatic N) is 1. The molecule has 0 aliphatic heterocycles. The van der Waals surface area contributed by atoms with Gasteiger partial charge in [0, 0.05) is 16.4 Å². The van der Waals surface area contributed by atoms with Gasteiger partial charge in [0.15, 0.2) is 0 Å². The van der Waals surface area contributed by atoms with E-state index in [1.54, 1.807) is 35.5 Å². The molecule has 1 unspecified atom stereocenters. The van der Waals surface area contributed by atoms with E-state index in [1.165, 1.54) is 0 Å². The largest absolute Gasteiger partial charge is 0.496 e. The predicted molar refractivity (Wildman–Crippen MR) is 85.5 cm³/mol. The van der Waals surface area contributed by atoms with Crippen molar-refractivity contribution in [1.82, 2.24) is 4.90 Å². The number of hydrogen-bond acceptors (Lipinski definition) is 3. The van der Waals surface area contributed by atoms with Gasteiger partial charge in [-0.25, -0.2) is 0 Å². The van der Waals surface area contributed by atoms with Crippen LogP contribution < -0.4 is 4.74 Å². The Hall–Kier alpha value is -1.33. The van der Waals surface area contributed by atoms with Crippen molar-refractivity contribution in [2.45, 2.75) is 13.0 Å². The monoisotopic (exact) mass is 353 g/mol. The van der Waals surface area contributed by atoms with E-state index in [1.807, 2.05) is 37.6 Å². The molecule has 0 saturated carbocycles. The standard InChI is InChI=1S/C15H16BrNO2S/c1-10(14-5-4-8-20-14)17(2)15(18)12-7-6-11(16)9-13(12)19-3/h4-10H,1-3H3. The van der Waals surface area contributed by atoms with Gasteiger partial charge in [-0.15, -0.1) is 11.3 Å². The van der Waals surface area contributed by atoms with Crippen LogP contribution in [0.2, 0.25) is 0 Å². The van der Waals surface area contributed by atoms with E-state index < -0.39 is 0 Å². The molecule has 1 aromatic carbocycles. The Labute approximate surface area is 131 Å². The maximum absolute atomic E-state index is 12.6.